The van der Waals surface area contributed by atoms with Crippen LogP contribution in [0.1, 0.15) is 21.7 Å². The Labute approximate surface area is 106 Å². The van der Waals surface area contributed by atoms with Crippen LogP contribution in [0.2, 0.25) is 0 Å². The number of carboxylic acids is 1. The molecule has 2 aromatic rings. The molecule has 0 saturated heterocycles. The number of alkyl halides is 3. The molecule has 0 atom stereocenters. The Hall–Kier alpha value is -2.31. The molecule has 1 heterocycles. The van der Waals surface area contributed by atoms with Crippen LogP contribution in [0.15, 0.2) is 30.3 Å². The van der Waals surface area contributed by atoms with E-state index in [0.29, 0.717) is 11.4 Å². The Kier molecular flexibility index (Phi) is 3.05. The van der Waals surface area contributed by atoms with Crippen LogP contribution in [0.3, 0.4) is 0 Å². The van der Waals surface area contributed by atoms with Crippen molar-refractivity contribution in [3.8, 4) is 5.69 Å². The summed E-state index contributed by atoms with van der Waals surface area (Å²) in [6.07, 6.45) is -4.40. The highest BCUT2D eigenvalue weighted by molar-refractivity contribution is 5.85. The normalized spacial score (nSPS) is 11.6. The van der Waals surface area contributed by atoms with Gasteiger partial charge in [0.25, 0.3) is 0 Å². The van der Waals surface area contributed by atoms with Crippen molar-refractivity contribution in [1.82, 2.24) is 9.78 Å². The molecule has 0 unspecified atom stereocenters. The predicted molar refractivity (Wildman–Crippen MR) is 60.3 cm³/mol. The van der Waals surface area contributed by atoms with Gasteiger partial charge in [-0.2, -0.15) is 18.3 Å². The summed E-state index contributed by atoms with van der Waals surface area (Å²) >= 11 is 0. The molecule has 0 aliphatic heterocycles. The molecule has 1 aromatic heterocycles. The minimum atomic E-state index is -4.40. The lowest BCUT2D eigenvalue weighted by Gasteiger charge is -2.08. The molecule has 0 saturated carbocycles. The Bertz CT molecular complexity index is 615. The summed E-state index contributed by atoms with van der Waals surface area (Å²) in [5.41, 5.74) is -0.0212. The summed E-state index contributed by atoms with van der Waals surface area (Å²) in [6, 6.07) is 5.69. The number of rotatable bonds is 2. The molecule has 7 heteroatoms. The number of carboxylic acid groups (broad SMARTS) is 1. The number of benzene rings is 1. The van der Waals surface area contributed by atoms with E-state index in [0.717, 1.165) is 12.1 Å². The van der Waals surface area contributed by atoms with Crippen LogP contribution in [-0.4, -0.2) is 20.9 Å². The average molecular weight is 270 g/mol. The van der Waals surface area contributed by atoms with Gasteiger partial charge >= 0.3 is 12.1 Å². The number of nitrogens with zero attached hydrogens (tertiary/aromatic N) is 2. The van der Waals surface area contributed by atoms with Crippen LogP contribution in [0.4, 0.5) is 13.2 Å². The van der Waals surface area contributed by atoms with E-state index in [1.807, 2.05) is 0 Å². The van der Waals surface area contributed by atoms with Gasteiger partial charge in [-0.25, -0.2) is 9.48 Å². The van der Waals surface area contributed by atoms with E-state index in [9.17, 15) is 18.0 Å². The first-order valence-corrected chi connectivity index (χ1v) is 5.26. The summed E-state index contributed by atoms with van der Waals surface area (Å²) in [5.74, 6) is -1.19. The SMILES string of the molecule is Cc1cc(C(=O)O)nn1-c1ccc(C(F)(F)F)cc1. The van der Waals surface area contributed by atoms with Gasteiger partial charge in [0.2, 0.25) is 0 Å². The van der Waals surface area contributed by atoms with Gasteiger partial charge in [-0.15, -0.1) is 0 Å². The van der Waals surface area contributed by atoms with E-state index in [1.54, 1.807) is 6.92 Å². The fourth-order valence-corrected chi connectivity index (χ4v) is 1.63. The maximum Gasteiger partial charge on any atom is 0.416 e. The van der Waals surface area contributed by atoms with Gasteiger partial charge in [0.05, 0.1) is 11.3 Å². The van der Waals surface area contributed by atoms with Crippen molar-refractivity contribution < 1.29 is 23.1 Å². The zero-order valence-electron chi connectivity index (χ0n) is 9.77. The largest absolute Gasteiger partial charge is 0.476 e. The molecule has 0 aliphatic carbocycles. The molecule has 0 amide bonds. The van der Waals surface area contributed by atoms with Crippen molar-refractivity contribution in [1.29, 1.82) is 0 Å². The summed E-state index contributed by atoms with van der Waals surface area (Å²) in [4.78, 5) is 10.8. The topological polar surface area (TPSA) is 55.1 Å². The molecule has 0 bridgehead atoms. The monoisotopic (exact) mass is 270 g/mol. The zero-order valence-corrected chi connectivity index (χ0v) is 9.77. The van der Waals surface area contributed by atoms with Crippen LogP contribution in [0.5, 0.6) is 0 Å². The Morgan fingerprint density at radius 2 is 1.84 bits per heavy atom. The molecule has 0 radical (unpaired) electrons. The van der Waals surface area contributed by atoms with E-state index in [1.165, 1.54) is 22.9 Å². The average Bonchev–Trinajstić information content (AvgIpc) is 2.70. The first-order valence-electron chi connectivity index (χ1n) is 5.26. The van der Waals surface area contributed by atoms with Crippen LogP contribution in [-0.2, 0) is 6.18 Å². The standard InChI is InChI=1S/C12H9F3N2O2/c1-7-6-10(11(18)19)16-17(7)9-4-2-8(3-5-9)12(13,14)15/h2-6H,1H3,(H,18,19). The first-order chi connectivity index (χ1) is 8.79. The lowest BCUT2D eigenvalue weighted by Crippen LogP contribution is -2.06. The van der Waals surface area contributed by atoms with Gasteiger partial charge in [0.1, 0.15) is 0 Å². The van der Waals surface area contributed by atoms with E-state index in [-0.39, 0.29) is 5.69 Å². The predicted octanol–water partition coefficient (Wildman–Crippen LogP) is 2.90. The summed E-state index contributed by atoms with van der Waals surface area (Å²) in [7, 11) is 0. The highest BCUT2D eigenvalue weighted by atomic mass is 19.4. The fraction of sp³-hybridized carbons (Fsp3) is 0.167. The number of aryl methyl sites for hydroxylation is 1. The van der Waals surface area contributed by atoms with Crippen LogP contribution < -0.4 is 0 Å². The molecule has 0 aliphatic rings. The van der Waals surface area contributed by atoms with Crippen LogP contribution >= 0.6 is 0 Å². The lowest BCUT2D eigenvalue weighted by molar-refractivity contribution is -0.137. The lowest BCUT2D eigenvalue weighted by atomic mass is 10.2. The Morgan fingerprint density at radius 1 is 1.26 bits per heavy atom. The molecule has 0 fully saturated rings. The second-order valence-electron chi connectivity index (χ2n) is 3.93. The van der Waals surface area contributed by atoms with E-state index in [4.69, 9.17) is 5.11 Å². The van der Waals surface area contributed by atoms with E-state index >= 15 is 0 Å². The van der Waals surface area contributed by atoms with Crippen molar-refractivity contribution in [2.75, 3.05) is 0 Å². The van der Waals surface area contributed by atoms with Gasteiger partial charge in [-0.1, -0.05) is 0 Å². The molecule has 4 nitrogen and oxygen atoms in total. The van der Waals surface area contributed by atoms with Crippen molar-refractivity contribution in [2.24, 2.45) is 0 Å². The van der Waals surface area contributed by atoms with Crippen LogP contribution in [0.25, 0.3) is 5.69 Å². The van der Waals surface area contributed by atoms with Gasteiger partial charge in [0, 0.05) is 5.69 Å². The van der Waals surface area contributed by atoms with Crippen molar-refractivity contribution in [2.45, 2.75) is 13.1 Å². The molecule has 2 rings (SSSR count). The van der Waals surface area contributed by atoms with Crippen molar-refractivity contribution >= 4 is 5.97 Å². The van der Waals surface area contributed by atoms with Gasteiger partial charge in [-0.05, 0) is 37.3 Å². The fourth-order valence-electron chi connectivity index (χ4n) is 1.63. The Balaban J connectivity index is 2.40. The second-order valence-corrected chi connectivity index (χ2v) is 3.93. The van der Waals surface area contributed by atoms with Gasteiger partial charge in [-0.3, -0.25) is 0 Å². The number of aromatic nitrogens is 2. The molecule has 0 spiro atoms. The molecular weight excluding hydrogens is 261 g/mol. The van der Waals surface area contributed by atoms with E-state index < -0.39 is 17.7 Å². The van der Waals surface area contributed by atoms with Gasteiger partial charge < -0.3 is 5.11 Å². The third-order valence-electron chi connectivity index (χ3n) is 2.55. The van der Waals surface area contributed by atoms with E-state index in [2.05, 4.69) is 5.10 Å². The zero-order chi connectivity index (χ0) is 14.2. The number of aromatic carboxylic acids is 1. The van der Waals surface area contributed by atoms with Crippen molar-refractivity contribution in [3.05, 3.63) is 47.3 Å². The minimum Gasteiger partial charge on any atom is -0.476 e. The van der Waals surface area contributed by atoms with Crippen LogP contribution in [0, 0.1) is 6.92 Å². The number of hydrogen-bond acceptors (Lipinski definition) is 2. The third-order valence-corrected chi connectivity index (χ3v) is 2.55. The maximum atomic E-state index is 12.4. The van der Waals surface area contributed by atoms with Gasteiger partial charge in [0.15, 0.2) is 5.69 Å². The number of carbonyl (C=O) groups is 1. The quantitative estimate of drug-likeness (QED) is 0.912. The molecular formula is C12H9F3N2O2. The Morgan fingerprint density at radius 3 is 2.26 bits per heavy atom. The summed E-state index contributed by atoms with van der Waals surface area (Å²) in [5, 5.41) is 12.6. The molecule has 1 aromatic carbocycles. The summed E-state index contributed by atoms with van der Waals surface area (Å²) < 4.78 is 38.5. The smallest absolute Gasteiger partial charge is 0.416 e. The molecule has 1 N–H and O–H groups in total. The van der Waals surface area contributed by atoms with Crippen molar-refractivity contribution in [3.63, 3.8) is 0 Å². The molecule has 19 heavy (non-hydrogen) atoms. The highest BCUT2D eigenvalue weighted by Crippen LogP contribution is 2.29. The first kappa shape index (κ1) is 13.1. The molecule has 100 valence electrons. The number of hydrogen-bond donors (Lipinski definition) is 1. The maximum absolute atomic E-state index is 12.4. The third kappa shape index (κ3) is 2.59. The highest BCUT2D eigenvalue weighted by Gasteiger charge is 2.30. The second kappa shape index (κ2) is 4.42. The summed E-state index contributed by atoms with van der Waals surface area (Å²) in [6.45, 7) is 1.62. The number of halogens is 3. The minimum absolute atomic E-state index is 0.155.